The molecule has 0 amide bonds. The van der Waals surface area contributed by atoms with Crippen molar-refractivity contribution in [3.8, 4) is 0 Å². The number of hydrogen-bond acceptors (Lipinski definition) is 3. The molecule has 1 radical (unpaired) electrons. The molecule has 0 heterocycles. The molecule has 0 rings (SSSR count). The molecule has 71 valence electrons. The summed E-state index contributed by atoms with van der Waals surface area (Å²) in [6, 6.07) is 0. The van der Waals surface area contributed by atoms with Gasteiger partial charge in [-0.05, 0) is 13.3 Å². The van der Waals surface area contributed by atoms with E-state index in [1.807, 2.05) is 6.92 Å². The number of esters is 1. The van der Waals surface area contributed by atoms with Crippen molar-refractivity contribution in [2.75, 3.05) is 19.8 Å². The van der Waals surface area contributed by atoms with Gasteiger partial charge in [-0.2, -0.15) is 0 Å². The van der Waals surface area contributed by atoms with Gasteiger partial charge in [-0.15, -0.1) is 0 Å². The maximum Gasteiger partial charge on any atom is 0.305 e. The maximum absolute atomic E-state index is 10.9. The molecule has 0 aromatic rings. The summed E-state index contributed by atoms with van der Waals surface area (Å²) in [6.07, 6.45) is 2.43. The molecule has 0 saturated heterocycles. The summed E-state index contributed by atoms with van der Waals surface area (Å²) in [5.74, 6) is -0.135. The average molecular weight is 173 g/mol. The average Bonchev–Trinajstić information content (AvgIpc) is 2.09. The lowest BCUT2D eigenvalue weighted by atomic mass is 10.2. The maximum atomic E-state index is 10.9. The van der Waals surface area contributed by atoms with Gasteiger partial charge >= 0.3 is 5.97 Å². The third-order valence-electron chi connectivity index (χ3n) is 1.37. The van der Waals surface area contributed by atoms with E-state index in [2.05, 4.69) is 6.92 Å². The van der Waals surface area contributed by atoms with Gasteiger partial charge in [0.2, 0.25) is 0 Å². The van der Waals surface area contributed by atoms with Crippen LogP contribution in [0.4, 0.5) is 0 Å². The highest BCUT2D eigenvalue weighted by molar-refractivity contribution is 5.69. The SMILES string of the molecule is [CH2]COCCOC(=O)CCCC. The number of ether oxygens (including phenoxy) is 2. The third kappa shape index (κ3) is 7.54. The molecule has 3 nitrogen and oxygen atoms in total. The van der Waals surface area contributed by atoms with Crippen molar-refractivity contribution in [3.05, 3.63) is 6.92 Å². The lowest BCUT2D eigenvalue weighted by Gasteiger charge is -2.03. The topological polar surface area (TPSA) is 35.5 Å². The van der Waals surface area contributed by atoms with Crippen LogP contribution in [0.15, 0.2) is 0 Å². The Labute approximate surface area is 74.0 Å². The van der Waals surface area contributed by atoms with Crippen LogP contribution in [0.25, 0.3) is 0 Å². The zero-order valence-corrected chi connectivity index (χ0v) is 7.67. The van der Waals surface area contributed by atoms with Crippen LogP contribution in [0.5, 0.6) is 0 Å². The standard InChI is InChI=1S/C9H17O3/c1-3-5-6-9(10)12-8-7-11-4-2/h2-8H2,1H3. The zero-order chi connectivity index (χ0) is 9.23. The molecule has 0 fully saturated rings. The van der Waals surface area contributed by atoms with Crippen LogP contribution in [-0.2, 0) is 14.3 Å². The van der Waals surface area contributed by atoms with Gasteiger partial charge in [-0.1, -0.05) is 13.3 Å². The van der Waals surface area contributed by atoms with Crippen LogP contribution in [0.1, 0.15) is 26.2 Å². The summed E-state index contributed by atoms with van der Waals surface area (Å²) in [6.45, 7) is 6.74. The largest absolute Gasteiger partial charge is 0.463 e. The summed E-state index contributed by atoms with van der Waals surface area (Å²) in [5, 5.41) is 0. The fourth-order valence-electron chi connectivity index (χ4n) is 0.710. The molecule has 3 heteroatoms. The lowest BCUT2D eigenvalue weighted by molar-refractivity contribution is -0.145. The Kier molecular flexibility index (Phi) is 8.12. The molecule has 0 aliphatic carbocycles. The fourth-order valence-corrected chi connectivity index (χ4v) is 0.710. The second kappa shape index (κ2) is 8.53. The minimum absolute atomic E-state index is 0.135. The van der Waals surface area contributed by atoms with Crippen LogP contribution >= 0.6 is 0 Å². The number of carbonyl (C=O) groups is 1. The molecule has 0 aromatic heterocycles. The molecule has 0 aliphatic rings. The van der Waals surface area contributed by atoms with Gasteiger partial charge in [0, 0.05) is 13.0 Å². The van der Waals surface area contributed by atoms with E-state index in [0.29, 0.717) is 26.2 Å². The minimum atomic E-state index is -0.135. The monoisotopic (exact) mass is 173 g/mol. The summed E-state index contributed by atoms with van der Waals surface area (Å²) in [4.78, 5) is 10.9. The smallest absolute Gasteiger partial charge is 0.305 e. The van der Waals surface area contributed by atoms with Gasteiger partial charge in [0.25, 0.3) is 0 Å². The highest BCUT2D eigenvalue weighted by Crippen LogP contribution is 1.95. The van der Waals surface area contributed by atoms with E-state index >= 15 is 0 Å². The highest BCUT2D eigenvalue weighted by atomic mass is 16.6. The van der Waals surface area contributed by atoms with Crippen molar-refractivity contribution in [2.24, 2.45) is 0 Å². The molecule has 0 atom stereocenters. The Morgan fingerprint density at radius 2 is 2.17 bits per heavy atom. The first-order valence-corrected chi connectivity index (χ1v) is 4.33. The molecular weight excluding hydrogens is 156 g/mol. The summed E-state index contributed by atoms with van der Waals surface area (Å²) < 4.78 is 9.75. The normalized spacial score (nSPS) is 9.83. The zero-order valence-electron chi connectivity index (χ0n) is 7.67. The van der Waals surface area contributed by atoms with E-state index in [-0.39, 0.29) is 5.97 Å². The van der Waals surface area contributed by atoms with Crippen molar-refractivity contribution < 1.29 is 14.3 Å². The fraction of sp³-hybridized carbons (Fsp3) is 0.778. The summed E-state index contributed by atoms with van der Waals surface area (Å²) in [5.41, 5.74) is 0. The van der Waals surface area contributed by atoms with E-state index < -0.39 is 0 Å². The first-order chi connectivity index (χ1) is 5.81. The van der Waals surface area contributed by atoms with Gasteiger partial charge in [-0.25, -0.2) is 0 Å². The van der Waals surface area contributed by atoms with Gasteiger partial charge in [0.15, 0.2) is 0 Å². The van der Waals surface area contributed by atoms with Crippen LogP contribution in [0, 0.1) is 6.92 Å². The van der Waals surface area contributed by atoms with Gasteiger partial charge in [0.1, 0.15) is 6.61 Å². The van der Waals surface area contributed by atoms with Crippen molar-refractivity contribution in [1.29, 1.82) is 0 Å². The first-order valence-electron chi connectivity index (χ1n) is 4.33. The molecular formula is C9H17O3. The summed E-state index contributed by atoms with van der Waals surface area (Å²) in [7, 11) is 0. The van der Waals surface area contributed by atoms with E-state index in [1.165, 1.54) is 0 Å². The van der Waals surface area contributed by atoms with Crippen molar-refractivity contribution in [1.82, 2.24) is 0 Å². The predicted molar refractivity (Wildman–Crippen MR) is 46.7 cm³/mol. The lowest BCUT2D eigenvalue weighted by Crippen LogP contribution is -2.10. The second-order valence-electron chi connectivity index (χ2n) is 2.44. The molecule has 0 aliphatic heterocycles. The van der Waals surface area contributed by atoms with Crippen LogP contribution in [0.3, 0.4) is 0 Å². The van der Waals surface area contributed by atoms with E-state index in [1.54, 1.807) is 0 Å². The second-order valence-corrected chi connectivity index (χ2v) is 2.44. The predicted octanol–water partition coefficient (Wildman–Crippen LogP) is 1.57. The number of carbonyl (C=O) groups excluding carboxylic acids is 1. The molecule has 0 saturated carbocycles. The third-order valence-corrected chi connectivity index (χ3v) is 1.37. The van der Waals surface area contributed by atoms with Gasteiger partial charge < -0.3 is 9.47 Å². The number of rotatable bonds is 7. The Balaban J connectivity index is 3.08. The van der Waals surface area contributed by atoms with E-state index in [9.17, 15) is 4.79 Å². The highest BCUT2D eigenvalue weighted by Gasteiger charge is 2.00. The Morgan fingerprint density at radius 1 is 1.42 bits per heavy atom. The van der Waals surface area contributed by atoms with Crippen molar-refractivity contribution in [3.63, 3.8) is 0 Å². The van der Waals surface area contributed by atoms with Crippen LogP contribution in [-0.4, -0.2) is 25.8 Å². The number of unbranched alkanes of at least 4 members (excludes halogenated alkanes) is 1. The molecule has 0 aromatic carbocycles. The molecule has 0 bridgehead atoms. The van der Waals surface area contributed by atoms with Crippen LogP contribution < -0.4 is 0 Å². The van der Waals surface area contributed by atoms with Crippen molar-refractivity contribution >= 4 is 5.97 Å². The van der Waals surface area contributed by atoms with E-state index in [4.69, 9.17) is 9.47 Å². The van der Waals surface area contributed by atoms with Gasteiger partial charge in [-0.3, -0.25) is 4.79 Å². The molecule has 0 unspecified atom stereocenters. The summed E-state index contributed by atoms with van der Waals surface area (Å²) >= 11 is 0. The molecule has 0 N–H and O–H groups in total. The Morgan fingerprint density at radius 3 is 2.75 bits per heavy atom. The molecule has 0 spiro atoms. The van der Waals surface area contributed by atoms with Gasteiger partial charge in [0.05, 0.1) is 6.61 Å². The van der Waals surface area contributed by atoms with Crippen LogP contribution in [0.2, 0.25) is 0 Å². The number of hydrogen-bond donors (Lipinski definition) is 0. The molecule has 12 heavy (non-hydrogen) atoms. The first kappa shape index (κ1) is 11.4. The Bertz CT molecular complexity index is 112. The Hall–Kier alpha value is -0.570. The van der Waals surface area contributed by atoms with Crippen molar-refractivity contribution in [2.45, 2.75) is 26.2 Å². The van der Waals surface area contributed by atoms with E-state index in [0.717, 1.165) is 12.8 Å². The quantitative estimate of drug-likeness (QED) is 0.433. The minimum Gasteiger partial charge on any atom is -0.463 e.